The molecular formula is CHF3GdO3S+3. The molecule has 0 saturated heterocycles. The van der Waals surface area contributed by atoms with Crippen LogP contribution in [0.15, 0.2) is 0 Å². The fraction of sp³-hybridized carbons (Fsp3) is 1.00. The Bertz CT molecular complexity index is 168. The number of hydrogen-bond donors (Lipinski definition) is 1. The summed E-state index contributed by atoms with van der Waals surface area (Å²) < 4.78 is 57.5. The van der Waals surface area contributed by atoms with Crippen LogP contribution < -0.4 is 0 Å². The maximum absolute atomic E-state index is 10.7. The van der Waals surface area contributed by atoms with Crippen molar-refractivity contribution in [3.05, 3.63) is 0 Å². The topological polar surface area (TPSA) is 54.4 Å². The largest absolute Gasteiger partial charge is 3.00 e. The molecule has 0 aromatic carbocycles. The van der Waals surface area contributed by atoms with Gasteiger partial charge in [0.1, 0.15) is 0 Å². The third kappa shape index (κ3) is 4.43. The maximum Gasteiger partial charge on any atom is 3.00 e. The summed E-state index contributed by atoms with van der Waals surface area (Å²) in [6.07, 6.45) is 0. The smallest absolute Gasteiger partial charge is 0.279 e. The first-order chi connectivity index (χ1) is 3.25. The van der Waals surface area contributed by atoms with E-state index in [-0.39, 0.29) is 39.9 Å². The third-order valence-electron chi connectivity index (χ3n) is 0.292. The Kier molecular flexibility index (Phi) is 4.83. The standard InChI is InChI=1S/CHF3O3S.Gd/c2-1(3,4)8(5,6)7;/h(H,5,6,7);/q;+3. The van der Waals surface area contributed by atoms with Crippen LogP contribution in [0.5, 0.6) is 0 Å². The van der Waals surface area contributed by atoms with Crippen molar-refractivity contribution in [3.8, 4) is 0 Å². The first-order valence-corrected chi connectivity index (χ1v) is 2.73. The molecule has 0 aliphatic heterocycles. The minimum Gasteiger partial charge on any atom is -0.279 e. The van der Waals surface area contributed by atoms with E-state index in [0.29, 0.717) is 0 Å². The summed E-state index contributed by atoms with van der Waals surface area (Å²) in [4.78, 5) is 0. The molecule has 3 nitrogen and oxygen atoms in total. The normalized spacial score (nSPS) is 12.4. The second-order valence-electron chi connectivity index (χ2n) is 0.921. The van der Waals surface area contributed by atoms with Crippen LogP contribution in [0.1, 0.15) is 0 Å². The van der Waals surface area contributed by atoms with Crippen molar-refractivity contribution in [1.82, 2.24) is 0 Å². The van der Waals surface area contributed by atoms with E-state index < -0.39 is 15.6 Å². The molecule has 9 heavy (non-hydrogen) atoms. The average molecular weight is 307 g/mol. The second-order valence-corrected chi connectivity index (χ2v) is 2.33. The van der Waals surface area contributed by atoms with E-state index in [1.807, 2.05) is 0 Å². The fourth-order valence-electron chi connectivity index (χ4n) is 0. The fourth-order valence-corrected chi connectivity index (χ4v) is 0. The van der Waals surface area contributed by atoms with Gasteiger partial charge < -0.3 is 0 Å². The van der Waals surface area contributed by atoms with E-state index in [4.69, 9.17) is 13.0 Å². The monoisotopic (exact) mass is 308 g/mol. The molecule has 0 aromatic heterocycles. The van der Waals surface area contributed by atoms with Crippen LogP contribution in [0.4, 0.5) is 13.2 Å². The number of halogens is 3. The van der Waals surface area contributed by atoms with E-state index in [0.717, 1.165) is 0 Å². The van der Waals surface area contributed by atoms with Gasteiger partial charge in [-0.2, -0.15) is 21.6 Å². The number of alkyl halides is 3. The molecule has 0 unspecified atom stereocenters. The van der Waals surface area contributed by atoms with Crippen molar-refractivity contribution in [2.24, 2.45) is 0 Å². The quantitative estimate of drug-likeness (QED) is 0.520. The van der Waals surface area contributed by atoms with Crippen molar-refractivity contribution < 1.29 is 66.1 Å². The number of rotatable bonds is 0. The van der Waals surface area contributed by atoms with Gasteiger partial charge in [-0.05, 0) is 0 Å². The van der Waals surface area contributed by atoms with Gasteiger partial charge in [-0.1, -0.05) is 0 Å². The van der Waals surface area contributed by atoms with Crippen LogP contribution >= 0.6 is 0 Å². The van der Waals surface area contributed by atoms with Gasteiger partial charge in [0.2, 0.25) is 0 Å². The molecule has 0 aromatic rings. The predicted octanol–water partition coefficient (Wildman–Crippen LogP) is 0.394. The van der Waals surface area contributed by atoms with Crippen LogP contribution in [0.25, 0.3) is 0 Å². The molecular weight excluding hydrogens is 306 g/mol. The molecule has 0 amide bonds. The first-order valence-electron chi connectivity index (χ1n) is 1.29. The molecule has 0 aliphatic rings. The Morgan fingerprint density at radius 1 is 1.22 bits per heavy atom. The minimum absolute atomic E-state index is 0. The Morgan fingerprint density at radius 2 is 1.33 bits per heavy atom. The van der Waals surface area contributed by atoms with E-state index in [9.17, 15) is 13.2 Å². The summed E-state index contributed by atoms with van der Waals surface area (Å²) in [5, 5.41) is 0. The summed E-state index contributed by atoms with van der Waals surface area (Å²) in [5.41, 5.74) is -5.53. The van der Waals surface area contributed by atoms with Crippen LogP contribution in [0.2, 0.25) is 0 Å². The van der Waals surface area contributed by atoms with Gasteiger partial charge in [0.25, 0.3) is 0 Å². The van der Waals surface area contributed by atoms with Crippen LogP contribution in [-0.4, -0.2) is 18.5 Å². The zero-order chi connectivity index (χ0) is 7.00. The van der Waals surface area contributed by atoms with Crippen LogP contribution in [-0.2, 0) is 10.1 Å². The van der Waals surface area contributed by atoms with Gasteiger partial charge in [-0.3, -0.25) is 4.55 Å². The predicted molar refractivity (Wildman–Crippen MR) is 17.6 cm³/mol. The van der Waals surface area contributed by atoms with Crippen LogP contribution in [0, 0.1) is 39.9 Å². The molecule has 0 spiro atoms. The van der Waals surface area contributed by atoms with Gasteiger partial charge in [-0.25, -0.2) is 0 Å². The Hall–Kier alpha value is 1.02. The first kappa shape index (κ1) is 12.7. The molecule has 0 heterocycles. The molecule has 0 aliphatic carbocycles. The summed E-state index contributed by atoms with van der Waals surface area (Å²) in [6, 6.07) is 0. The van der Waals surface area contributed by atoms with E-state index >= 15 is 0 Å². The van der Waals surface area contributed by atoms with Gasteiger partial charge in [-0.15, -0.1) is 0 Å². The summed E-state index contributed by atoms with van der Waals surface area (Å²) >= 11 is 0. The van der Waals surface area contributed by atoms with Crippen molar-refractivity contribution in [2.45, 2.75) is 5.51 Å². The summed E-state index contributed by atoms with van der Waals surface area (Å²) in [5.74, 6) is 0. The molecule has 1 radical (unpaired) electrons. The molecule has 0 bridgehead atoms. The maximum atomic E-state index is 10.7. The molecule has 8 heteroatoms. The molecule has 0 rings (SSSR count). The molecule has 0 atom stereocenters. The number of hydrogen-bond acceptors (Lipinski definition) is 2. The van der Waals surface area contributed by atoms with Crippen molar-refractivity contribution >= 4 is 10.1 Å². The summed E-state index contributed by atoms with van der Waals surface area (Å²) in [7, 11) is -5.84. The average Bonchev–Trinajstić information content (AvgIpc) is 1.25. The SMILES string of the molecule is O=S(=O)(O)C(F)(F)F.[Gd+3]. The van der Waals surface area contributed by atoms with E-state index in [1.165, 1.54) is 0 Å². The molecule has 0 fully saturated rings. The van der Waals surface area contributed by atoms with Gasteiger partial charge in [0.15, 0.2) is 0 Å². The summed E-state index contributed by atoms with van der Waals surface area (Å²) in [6.45, 7) is 0. The van der Waals surface area contributed by atoms with E-state index in [2.05, 4.69) is 0 Å². The van der Waals surface area contributed by atoms with Crippen molar-refractivity contribution in [2.75, 3.05) is 0 Å². The van der Waals surface area contributed by atoms with Crippen molar-refractivity contribution in [1.29, 1.82) is 0 Å². The zero-order valence-electron chi connectivity index (χ0n) is 3.66. The molecule has 1 N–H and O–H groups in total. The van der Waals surface area contributed by atoms with Gasteiger partial charge in [0, 0.05) is 0 Å². The Balaban J connectivity index is 0. The molecule has 0 saturated carbocycles. The minimum atomic E-state index is -5.84. The van der Waals surface area contributed by atoms with Gasteiger partial charge >= 0.3 is 55.6 Å². The second kappa shape index (κ2) is 3.43. The van der Waals surface area contributed by atoms with Crippen LogP contribution in [0.3, 0.4) is 0 Å². The third-order valence-corrected chi connectivity index (χ3v) is 0.877. The molecule has 55 valence electrons. The van der Waals surface area contributed by atoms with Crippen molar-refractivity contribution in [3.63, 3.8) is 0 Å². The van der Waals surface area contributed by atoms with E-state index in [1.54, 1.807) is 0 Å². The Morgan fingerprint density at radius 3 is 1.33 bits per heavy atom. The van der Waals surface area contributed by atoms with Gasteiger partial charge in [0.05, 0.1) is 0 Å². The Labute approximate surface area is 81.0 Å². The zero-order valence-corrected chi connectivity index (χ0v) is 6.74.